The zero-order chi connectivity index (χ0) is 13.0. The Hall–Kier alpha value is -0.880. The fourth-order valence-corrected chi connectivity index (χ4v) is 3.01. The Morgan fingerprint density at radius 3 is 2.25 bits per heavy atom. The second kappa shape index (κ2) is 5.45. The fraction of sp³-hybridized carbons (Fsp3) is 0.700. The predicted molar refractivity (Wildman–Crippen MR) is 62.7 cm³/mol. The van der Waals surface area contributed by atoms with Gasteiger partial charge in [-0.05, 0) is 20.8 Å². The molecule has 0 aromatic rings. The molecule has 0 heterocycles. The number of sulfonamides is 1. The summed E-state index contributed by atoms with van der Waals surface area (Å²) in [5, 5.41) is 8.58. The number of carboxylic acid groups (broad SMARTS) is 1. The van der Waals surface area contributed by atoms with E-state index in [1.54, 1.807) is 20.8 Å². The highest BCUT2D eigenvalue weighted by molar-refractivity contribution is 7.89. The summed E-state index contributed by atoms with van der Waals surface area (Å²) in [5.74, 6) is -1.19. The summed E-state index contributed by atoms with van der Waals surface area (Å²) in [6.45, 7) is 8.56. The van der Waals surface area contributed by atoms with Crippen molar-refractivity contribution in [2.75, 3.05) is 12.3 Å². The fourth-order valence-electron chi connectivity index (χ4n) is 1.33. The van der Waals surface area contributed by atoms with Crippen molar-refractivity contribution in [3.8, 4) is 0 Å². The molecule has 0 saturated heterocycles. The molecule has 0 aliphatic carbocycles. The van der Waals surface area contributed by atoms with Gasteiger partial charge in [0, 0.05) is 12.1 Å². The van der Waals surface area contributed by atoms with Gasteiger partial charge in [-0.2, -0.15) is 4.31 Å². The molecule has 0 aliphatic heterocycles. The molecular formula is C10H19NO4S. The van der Waals surface area contributed by atoms with Crippen LogP contribution in [-0.2, 0) is 14.8 Å². The number of aliphatic carboxylic acids is 1. The quantitative estimate of drug-likeness (QED) is 0.715. The van der Waals surface area contributed by atoms with Crippen molar-refractivity contribution in [3.63, 3.8) is 0 Å². The summed E-state index contributed by atoms with van der Waals surface area (Å²) in [7, 11) is -3.47. The molecule has 0 aliphatic rings. The van der Waals surface area contributed by atoms with Crippen LogP contribution in [0.2, 0.25) is 0 Å². The van der Waals surface area contributed by atoms with Gasteiger partial charge in [0.1, 0.15) is 0 Å². The summed E-state index contributed by atoms with van der Waals surface area (Å²) < 4.78 is 24.9. The standard InChI is InChI=1S/C10H19NO4S/c1-5-8-16(14,15)11(10(2,3)4)7-6-9(12)13/h5H,1,6-8H2,2-4H3,(H,12,13). The van der Waals surface area contributed by atoms with Gasteiger partial charge in [0.05, 0.1) is 12.2 Å². The molecule has 1 N–H and O–H groups in total. The van der Waals surface area contributed by atoms with Crippen LogP contribution in [0.1, 0.15) is 27.2 Å². The van der Waals surface area contributed by atoms with E-state index in [9.17, 15) is 13.2 Å². The summed E-state index contributed by atoms with van der Waals surface area (Å²) >= 11 is 0. The third kappa shape index (κ3) is 4.76. The Morgan fingerprint density at radius 2 is 1.94 bits per heavy atom. The maximum absolute atomic E-state index is 11.9. The molecule has 5 nitrogen and oxygen atoms in total. The Bertz CT molecular complexity index is 354. The summed E-state index contributed by atoms with van der Waals surface area (Å²) in [4.78, 5) is 10.5. The summed E-state index contributed by atoms with van der Waals surface area (Å²) in [5.41, 5.74) is -0.628. The second-order valence-corrected chi connectivity index (χ2v) is 6.39. The van der Waals surface area contributed by atoms with Crippen LogP contribution in [0.5, 0.6) is 0 Å². The summed E-state index contributed by atoms with van der Waals surface area (Å²) in [6.07, 6.45) is 1.10. The van der Waals surface area contributed by atoms with Crippen LogP contribution >= 0.6 is 0 Å². The number of carbonyl (C=O) groups is 1. The number of nitrogens with zero attached hydrogens (tertiary/aromatic N) is 1. The van der Waals surface area contributed by atoms with Crippen LogP contribution in [-0.4, -0.2) is 41.6 Å². The van der Waals surface area contributed by atoms with Gasteiger partial charge in [-0.25, -0.2) is 8.42 Å². The van der Waals surface area contributed by atoms with E-state index in [1.807, 2.05) is 0 Å². The van der Waals surface area contributed by atoms with E-state index in [2.05, 4.69) is 6.58 Å². The third-order valence-electron chi connectivity index (χ3n) is 1.94. The maximum atomic E-state index is 11.9. The molecule has 0 aromatic carbocycles. The van der Waals surface area contributed by atoms with Crippen molar-refractivity contribution in [2.45, 2.75) is 32.7 Å². The molecule has 0 radical (unpaired) electrons. The van der Waals surface area contributed by atoms with Crippen molar-refractivity contribution in [1.29, 1.82) is 0 Å². The predicted octanol–water partition coefficient (Wildman–Crippen LogP) is 1.08. The van der Waals surface area contributed by atoms with Crippen LogP contribution in [0.25, 0.3) is 0 Å². The average Bonchev–Trinajstić information content (AvgIpc) is 1.99. The normalized spacial score (nSPS) is 12.8. The molecule has 0 bridgehead atoms. The lowest BCUT2D eigenvalue weighted by Gasteiger charge is -2.33. The first-order valence-corrected chi connectivity index (χ1v) is 6.55. The van der Waals surface area contributed by atoms with Crippen molar-refractivity contribution >= 4 is 16.0 Å². The first-order chi connectivity index (χ1) is 7.11. The number of rotatable bonds is 6. The molecule has 0 unspecified atom stereocenters. The molecule has 0 aromatic heterocycles. The van der Waals surface area contributed by atoms with Crippen molar-refractivity contribution in [3.05, 3.63) is 12.7 Å². The SMILES string of the molecule is C=CCS(=O)(=O)N(CCC(=O)O)C(C)(C)C. The van der Waals surface area contributed by atoms with Gasteiger partial charge in [0.2, 0.25) is 10.0 Å². The molecule has 94 valence electrons. The van der Waals surface area contributed by atoms with Crippen LogP contribution in [0, 0.1) is 0 Å². The maximum Gasteiger partial charge on any atom is 0.304 e. The zero-order valence-corrected chi connectivity index (χ0v) is 10.7. The number of hydrogen-bond donors (Lipinski definition) is 1. The lowest BCUT2D eigenvalue weighted by Crippen LogP contribution is -2.47. The van der Waals surface area contributed by atoms with E-state index in [4.69, 9.17) is 5.11 Å². The largest absolute Gasteiger partial charge is 0.481 e. The number of carboxylic acids is 1. The van der Waals surface area contributed by atoms with E-state index in [0.717, 1.165) is 0 Å². The molecule has 0 spiro atoms. The molecule has 0 amide bonds. The topological polar surface area (TPSA) is 74.7 Å². The Kier molecular flexibility index (Phi) is 5.15. The Morgan fingerprint density at radius 1 is 1.44 bits per heavy atom. The zero-order valence-electron chi connectivity index (χ0n) is 9.93. The second-order valence-electron chi connectivity index (χ2n) is 4.45. The third-order valence-corrected chi connectivity index (χ3v) is 4.00. The van der Waals surface area contributed by atoms with E-state index >= 15 is 0 Å². The molecule has 0 rings (SSSR count). The van der Waals surface area contributed by atoms with Gasteiger partial charge in [0.25, 0.3) is 0 Å². The Labute approximate surface area is 96.8 Å². The average molecular weight is 249 g/mol. The molecule has 16 heavy (non-hydrogen) atoms. The highest BCUT2D eigenvalue weighted by Crippen LogP contribution is 2.19. The van der Waals surface area contributed by atoms with E-state index in [0.29, 0.717) is 0 Å². The van der Waals surface area contributed by atoms with Crippen molar-refractivity contribution < 1.29 is 18.3 Å². The van der Waals surface area contributed by atoms with Crippen LogP contribution in [0.3, 0.4) is 0 Å². The Balaban J connectivity index is 4.96. The molecule has 0 atom stereocenters. The summed E-state index contributed by atoms with van der Waals surface area (Å²) in [6, 6.07) is 0. The minimum atomic E-state index is -3.47. The highest BCUT2D eigenvalue weighted by Gasteiger charge is 2.31. The van der Waals surface area contributed by atoms with Crippen molar-refractivity contribution in [2.24, 2.45) is 0 Å². The van der Waals surface area contributed by atoms with Gasteiger partial charge < -0.3 is 5.11 Å². The van der Waals surface area contributed by atoms with Crippen LogP contribution < -0.4 is 0 Å². The van der Waals surface area contributed by atoms with Gasteiger partial charge in [-0.15, -0.1) is 6.58 Å². The highest BCUT2D eigenvalue weighted by atomic mass is 32.2. The van der Waals surface area contributed by atoms with Crippen LogP contribution in [0.15, 0.2) is 12.7 Å². The molecular weight excluding hydrogens is 230 g/mol. The minimum Gasteiger partial charge on any atom is -0.481 e. The minimum absolute atomic E-state index is 0.0188. The lowest BCUT2D eigenvalue weighted by atomic mass is 10.1. The van der Waals surface area contributed by atoms with E-state index < -0.39 is 21.5 Å². The number of hydrogen-bond acceptors (Lipinski definition) is 3. The van der Waals surface area contributed by atoms with Gasteiger partial charge in [-0.3, -0.25) is 4.79 Å². The molecule has 0 saturated carbocycles. The van der Waals surface area contributed by atoms with Crippen molar-refractivity contribution in [1.82, 2.24) is 4.31 Å². The van der Waals surface area contributed by atoms with Gasteiger partial charge in [-0.1, -0.05) is 6.08 Å². The van der Waals surface area contributed by atoms with E-state index in [1.165, 1.54) is 10.4 Å². The van der Waals surface area contributed by atoms with Crippen LogP contribution in [0.4, 0.5) is 0 Å². The molecule has 6 heteroatoms. The first kappa shape index (κ1) is 15.1. The smallest absolute Gasteiger partial charge is 0.304 e. The van der Waals surface area contributed by atoms with Gasteiger partial charge in [0.15, 0.2) is 0 Å². The van der Waals surface area contributed by atoms with Gasteiger partial charge >= 0.3 is 5.97 Å². The first-order valence-electron chi connectivity index (χ1n) is 4.94. The lowest BCUT2D eigenvalue weighted by molar-refractivity contribution is -0.137. The molecule has 0 fully saturated rings. The monoisotopic (exact) mass is 249 g/mol. The van der Waals surface area contributed by atoms with E-state index in [-0.39, 0.29) is 18.7 Å².